The Balaban J connectivity index is 2.97. The highest BCUT2D eigenvalue weighted by atomic mass is 32.2. The van der Waals surface area contributed by atoms with E-state index in [-0.39, 0.29) is 17.3 Å². The molecule has 19 heavy (non-hydrogen) atoms. The van der Waals surface area contributed by atoms with Crippen molar-refractivity contribution in [2.75, 3.05) is 18.9 Å². The van der Waals surface area contributed by atoms with E-state index in [0.29, 0.717) is 0 Å². The van der Waals surface area contributed by atoms with Gasteiger partial charge in [-0.15, -0.1) is 0 Å². The Morgan fingerprint density at radius 1 is 1.47 bits per heavy atom. The highest BCUT2D eigenvalue weighted by Crippen LogP contribution is 2.19. The number of nitrogens with zero attached hydrogens (tertiary/aromatic N) is 1. The lowest BCUT2D eigenvalue weighted by atomic mass is 9.93. The fourth-order valence-corrected chi connectivity index (χ4v) is 2.61. The maximum Gasteiger partial charge on any atom is 0.244 e. The van der Waals surface area contributed by atoms with E-state index >= 15 is 0 Å². The number of pyridine rings is 1. The van der Waals surface area contributed by atoms with Crippen LogP contribution in [0, 0.1) is 5.41 Å². The molecule has 0 spiro atoms. The molecule has 8 heteroatoms. The van der Waals surface area contributed by atoms with Gasteiger partial charge in [0.05, 0.1) is 5.41 Å². The van der Waals surface area contributed by atoms with Crippen LogP contribution in [-0.2, 0) is 14.8 Å². The van der Waals surface area contributed by atoms with E-state index in [9.17, 15) is 13.2 Å². The molecule has 0 bridgehead atoms. The third-order valence-corrected chi connectivity index (χ3v) is 4.10. The normalized spacial score (nSPS) is 12.2. The van der Waals surface area contributed by atoms with E-state index in [1.807, 2.05) is 0 Å². The number of primary amides is 1. The van der Waals surface area contributed by atoms with Gasteiger partial charge >= 0.3 is 0 Å². The largest absolute Gasteiger partial charge is 0.372 e. The minimum atomic E-state index is -3.75. The van der Waals surface area contributed by atoms with Gasteiger partial charge in [-0.25, -0.2) is 18.1 Å². The molecule has 106 valence electrons. The number of hydrogen-bond donors (Lipinski definition) is 3. The summed E-state index contributed by atoms with van der Waals surface area (Å²) in [6.45, 7) is 3.06. The molecule has 0 aliphatic heterocycles. The number of nitrogens with two attached hydrogens (primary N) is 1. The van der Waals surface area contributed by atoms with Crippen LogP contribution < -0.4 is 15.8 Å². The molecule has 0 aliphatic rings. The van der Waals surface area contributed by atoms with E-state index in [1.54, 1.807) is 20.9 Å². The molecule has 7 nitrogen and oxygen atoms in total. The summed E-state index contributed by atoms with van der Waals surface area (Å²) >= 11 is 0. The van der Waals surface area contributed by atoms with Crippen LogP contribution in [0.4, 0.5) is 5.82 Å². The molecule has 0 saturated carbocycles. The van der Waals surface area contributed by atoms with Crippen LogP contribution in [0.15, 0.2) is 23.2 Å². The zero-order valence-corrected chi connectivity index (χ0v) is 11.9. The fraction of sp³-hybridized carbons (Fsp3) is 0.455. The van der Waals surface area contributed by atoms with Gasteiger partial charge < -0.3 is 11.1 Å². The first kappa shape index (κ1) is 15.4. The first-order chi connectivity index (χ1) is 8.70. The summed E-state index contributed by atoms with van der Waals surface area (Å²) in [5, 5.41) is 2.70. The smallest absolute Gasteiger partial charge is 0.244 e. The molecule has 0 fully saturated rings. The van der Waals surface area contributed by atoms with Gasteiger partial charge in [-0.3, -0.25) is 4.79 Å². The Morgan fingerprint density at radius 2 is 2.11 bits per heavy atom. The van der Waals surface area contributed by atoms with E-state index < -0.39 is 21.3 Å². The van der Waals surface area contributed by atoms with Crippen molar-refractivity contribution in [3.05, 3.63) is 18.3 Å². The lowest BCUT2D eigenvalue weighted by Gasteiger charge is -2.21. The minimum absolute atomic E-state index is 0.0257. The molecule has 0 aromatic carbocycles. The zero-order valence-electron chi connectivity index (χ0n) is 11.1. The van der Waals surface area contributed by atoms with E-state index in [4.69, 9.17) is 5.73 Å². The number of aromatic nitrogens is 1. The van der Waals surface area contributed by atoms with Crippen molar-refractivity contribution in [1.29, 1.82) is 0 Å². The van der Waals surface area contributed by atoms with Crippen molar-refractivity contribution in [2.45, 2.75) is 18.7 Å². The second-order valence-electron chi connectivity index (χ2n) is 4.67. The number of anilines is 1. The lowest BCUT2D eigenvalue weighted by molar-refractivity contribution is -0.125. The molecule has 0 unspecified atom stereocenters. The standard InChI is InChI=1S/C11H18N4O3S/c1-11(2,10(12)16)7-15-19(17,18)8-5-4-6-14-9(8)13-3/h4-6,15H,7H2,1-3H3,(H2,12,16)(H,13,14). The SMILES string of the molecule is CNc1ncccc1S(=O)(=O)NCC(C)(C)C(N)=O. The van der Waals surface area contributed by atoms with Gasteiger partial charge in [-0.1, -0.05) is 0 Å². The second kappa shape index (κ2) is 5.54. The maximum atomic E-state index is 12.1. The maximum absolute atomic E-state index is 12.1. The molecule has 1 heterocycles. The van der Waals surface area contributed by atoms with Crippen molar-refractivity contribution in [2.24, 2.45) is 11.1 Å². The zero-order chi connectivity index (χ0) is 14.7. The van der Waals surface area contributed by atoms with Crippen molar-refractivity contribution < 1.29 is 13.2 Å². The summed E-state index contributed by atoms with van der Waals surface area (Å²) in [7, 11) is -2.17. The van der Waals surface area contributed by atoms with Crippen LogP contribution in [0.2, 0.25) is 0 Å². The Morgan fingerprint density at radius 3 is 2.63 bits per heavy atom. The molecular weight excluding hydrogens is 268 g/mol. The molecule has 1 aromatic rings. The van der Waals surface area contributed by atoms with Crippen LogP contribution in [0.25, 0.3) is 0 Å². The molecule has 4 N–H and O–H groups in total. The number of sulfonamides is 1. The van der Waals surface area contributed by atoms with Crippen LogP contribution >= 0.6 is 0 Å². The van der Waals surface area contributed by atoms with Crippen LogP contribution in [0.5, 0.6) is 0 Å². The van der Waals surface area contributed by atoms with Crippen molar-refractivity contribution in [3.8, 4) is 0 Å². The highest BCUT2D eigenvalue weighted by molar-refractivity contribution is 7.89. The van der Waals surface area contributed by atoms with Crippen LogP contribution in [-0.4, -0.2) is 32.9 Å². The average Bonchev–Trinajstić information content (AvgIpc) is 2.36. The summed E-state index contributed by atoms with van der Waals surface area (Å²) in [6, 6.07) is 2.95. The van der Waals surface area contributed by atoms with Gasteiger partial charge in [-0.05, 0) is 26.0 Å². The predicted octanol–water partition coefficient (Wildman–Crippen LogP) is -0.0869. The third-order valence-electron chi connectivity index (χ3n) is 2.67. The Labute approximate surface area is 112 Å². The van der Waals surface area contributed by atoms with Crippen molar-refractivity contribution in [3.63, 3.8) is 0 Å². The average molecular weight is 286 g/mol. The topological polar surface area (TPSA) is 114 Å². The monoisotopic (exact) mass is 286 g/mol. The molecular formula is C11H18N4O3S. The van der Waals surface area contributed by atoms with E-state index in [2.05, 4.69) is 15.0 Å². The quantitative estimate of drug-likeness (QED) is 0.676. The van der Waals surface area contributed by atoms with E-state index in [0.717, 1.165) is 0 Å². The summed E-state index contributed by atoms with van der Waals surface area (Å²) < 4.78 is 26.6. The molecule has 1 amide bonds. The first-order valence-electron chi connectivity index (χ1n) is 5.63. The van der Waals surface area contributed by atoms with Gasteiger partial charge in [-0.2, -0.15) is 0 Å². The Bertz CT molecular complexity index is 569. The Hall–Kier alpha value is -1.67. The van der Waals surface area contributed by atoms with Crippen molar-refractivity contribution >= 4 is 21.7 Å². The van der Waals surface area contributed by atoms with Crippen molar-refractivity contribution in [1.82, 2.24) is 9.71 Å². The fourth-order valence-electron chi connectivity index (χ4n) is 1.24. The summed E-state index contributed by atoms with van der Waals surface area (Å²) in [6.07, 6.45) is 1.48. The number of hydrogen-bond acceptors (Lipinski definition) is 5. The van der Waals surface area contributed by atoms with Gasteiger partial charge in [0.15, 0.2) is 0 Å². The van der Waals surface area contributed by atoms with Gasteiger partial charge in [0.25, 0.3) is 0 Å². The minimum Gasteiger partial charge on any atom is -0.372 e. The number of rotatable bonds is 6. The predicted molar refractivity (Wildman–Crippen MR) is 71.9 cm³/mol. The van der Waals surface area contributed by atoms with Gasteiger partial charge in [0, 0.05) is 19.8 Å². The molecule has 0 atom stereocenters. The highest BCUT2D eigenvalue weighted by Gasteiger charge is 2.28. The van der Waals surface area contributed by atoms with E-state index in [1.165, 1.54) is 18.3 Å². The second-order valence-corrected chi connectivity index (χ2v) is 6.41. The summed E-state index contributed by atoms with van der Waals surface area (Å²) in [4.78, 5) is 15.1. The lowest BCUT2D eigenvalue weighted by Crippen LogP contribution is -2.42. The molecule has 0 aliphatic carbocycles. The van der Waals surface area contributed by atoms with Crippen LogP contribution in [0.3, 0.4) is 0 Å². The first-order valence-corrected chi connectivity index (χ1v) is 7.11. The Kier molecular flexibility index (Phi) is 4.48. The molecule has 1 aromatic heterocycles. The molecule has 1 rings (SSSR count). The summed E-state index contributed by atoms with van der Waals surface area (Å²) in [5.74, 6) is -0.331. The van der Waals surface area contributed by atoms with Crippen LogP contribution in [0.1, 0.15) is 13.8 Å². The number of amides is 1. The number of carbonyl (C=O) groups is 1. The van der Waals surface area contributed by atoms with Gasteiger partial charge in [0.2, 0.25) is 15.9 Å². The number of carbonyl (C=O) groups excluding carboxylic acids is 1. The molecule has 0 saturated heterocycles. The summed E-state index contributed by atoms with van der Waals surface area (Å²) in [5.41, 5.74) is 4.23. The molecule has 0 radical (unpaired) electrons. The number of nitrogens with one attached hydrogen (secondary N) is 2. The van der Waals surface area contributed by atoms with Gasteiger partial charge in [0.1, 0.15) is 10.7 Å². The third kappa shape index (κ3) is 3.65.